The van der Waals surface area contributed by atoms with Crippen LogP contribution in [0.2, 0.25) is 0 Å². The van der Waals surface area contributed by atoms with Gasteiger partial charge in [-0.1, -0.05) is 57.6 Å². The van der Waals surface area contributed by atoms with Crippen LogP contribution in [0.3, 0.4) is 0 Å². The van der Waals surface area contributed by atoms with Gasteiger partial charge in [0.2, 0.25) is 0 Å². The summed E-state index contributed by atoms with van der Waals surface area (Å²) in [6, 6.07) is 0. The first-order chi connectivity index (χ1) is 18.8. The lowest BCUT2D eigenvalue weighted by molar-refractivity contribution is -0.870. The quantitative estimate of drug-likeness (QED) is 0.0458. The molecule has 0 amide bonds. The Labute approximate surface area is 241 Å². The number of hydrogen-bond acceptors (Lipinski definition) is 9. The molecule has 0 aliphatic carbocycles. The second-order valence-corrected chi connectivity index (χ2v) is 12.6. The molecule has 0 rings (SSSR count). The highest BCUT2D eigenvalue weighted by Crippen LogP contribution is 2.43. The number of likely N-dealkylation sites (N-methyl/N-ethyl adjacent to an activating group) is 1. The highest BCUT2D eigenvalue weighted by Gasteiger charge is 2.26. The molecule has 0 aliphatic rings. The minimum absolute atomic E-state index is 0.00385. The number of phosphoric acid groups is 1. The Hall–Kier alpha value is -1.33. The molecule has 0 fully saturated rings. The van der Waals surface area contributed by atoms with Crippen LogP contribution in [-0.4, -0.2) is 97.3 Å². The molecule has 236 valence electrons. The molecule has 3 N–H and O–H groups in total. The van der Waals surface area contributed by atoms with Crippen molar-refractivity contribution < 1.29 is 52.3 Å². The number of aliphatic hydroxyl groups is 2. The van der Waals surface area contributed by atoms with E-state index >= 15 is 0 Å². The highest BCUT2D eigenvalue weighted by molar-refractivity contribution is 7.47. The van der Waals surface area contributed by atoms with Crippen molar-refractivity contribution in [2.75, 3.05) is 47.5 Å². The first kappa shape index (κ1) is 38.7. The third-order valence-electron chi connectivity index (χ3n) is 6.05. The Morgan fingerprint density at radius 3 is 2.23 bits per heavy atom. The molecule has 40 heavy (non-hydrogen) atoms. The number of phosphoric ester groups is 1. The summed E-state index contributed by atoms with van der Waals surface area (Å²) < 4.78 is 32.6. The minimum atomic E-state index is -4.35. The predicted octanol–water partition coefficient (Wildman–Crippen LogP) is 4.28. The van der Waals surface area contributed by atoms with Crippen LogP contribution in [0.4, 0.5) is 0 Å². The molecule has 0 aliphatic heterocycles. The summed E-state index contributed by atoms with van der Waals surface area (Å²) in [5, 5.41) is 20.2. The first-order valence-electron chi connectivity index (χ1n) is 14.5. The second kappa shape index (κ2) is 22.3. The normalized spacial score (nSPS) is 15.9. The largest absolute Gasteiger partial charge is 0.472 e. The molecule has 12 heteroatoms. The van der Waals surface area contributed by atoms with Gasteiger partial charge in [0, 0.05) is 13.3 Å². The van der Waals surface area contributed by atoms with Crippen molar-refractivity contribution in [2.24, 2.45) is 0 Å². The summed E-state index contributed by atoms with van der Waals surface area (Å²) in [5.74, 6) is -1.11. The zero-order chi connectivity index (χ0) is 30.4. The fourth-order valence-electron chi connectivity index (χ4n) is 3.62. The zero-order valence-corrected chi connectivity index (χ0v) is 26.2. The Balaban J connectivity index is 4.09. The van der Waals surface area contributed by atoms with E-state index in [1.165, 1.54) is 19.8 Å². The van der Waals surface area contributed by atoms with Crippen molar-refractivity contribution in [3.8, 4) is 0 Å². The van der Waals surface area contributed by atoms with E-state index < -0.39 is 44.7 Å². The maximum Gasteiger partial charge on any atom is 0.472 e. The molecule has 0 saturated carbocycles. The molecule has 0 aromatic rings. The van der Waals surface area contributed by atoms with Gasteiger partial charge < -0.3 is 29.1 Å². The fourth-order valence-corrected chi connectivity index (χ4v) is 4.36. The molecule has 0 saturated heterocycles. The minimum Gasteiger partial charge on any atom is -0.462 e. The first-order valence-corrected chi connectivity index (χ1v) is 16.0. The number of quaternary nitrogens is 1. The summed E-state index contributed by atoms with van der Waals surface area (Å²) in [5.41, 5.74) is 0. The molecule has 0 radical (unpaired) electrons. The van der Waals surface area contributed by atoms with E-state index in [1.54, 1.807) is 0 Å². The van der Waals surface area contributed by atoms with E-state index in [4.69, 9.17) is 18.5 Å². The van der Waals surface area contributed by atoms with E-state index in [9.17, 15) is 29.3 Å². The molecule has 0 spiro atoms. The maximum absolute atomic E-state index is 12.1. The number of allylic oxidation sites excluding steroid dienone is 1. The van der Waals surface area contributed by atoms with Crippen LogP contribution in [0.15, 0.2) is 12.2 Å². The third-order valence-corrected chi connectivity index (χ3v) is 7.03. The van der Waals surface area contributed by atoms with Gasteiger partial charge in [0.1, 0.15) is 19.8 Å². The lowest BCUT2D eigenvalue weighted by atomic mass is 10.0. The number of aliphatic hydroxyl groups excluding tert-OH is 2. The Morgan fingerprint density at radius 1 is 0.900 bits per heavy atom. The van der Waals surface area contributed by atoms with E-state index in [2.05, 4.69) is 13.0 Å². The number of unbranched alkanes of at least 4 members (excludes halogenated alkanes) is 7. The van der Waals surface area contributed by atoms with Gasteiger partial charge in [0.25, 0.3) is 0 Å². The molecule has 0 bridgehead atoms. The molecule has 0 aromatic heterocycles. The van der Waals surface area contributed by atoms with E-state index in [-0.39, 0.29) is 19.6 Å². The van der Waals surface area contributed by atoms with Crippen LogP contribution < -0.4 is 0 Å². The standard InChI is InChI=1S/C28H54NO10P/c1-6-7-8-9-11-14-17-26(31)27(32)18-15-12-10-13-16-19-28(33)36-22-25(39-24(2)30)23-38-40(34,35)37-21-20-29(3,4)5/h11,14,25-27,31-32H,6-10,12-13,15-23H2,1-5H3/p+1/b14-11-/t25-,26-,27-/m1/s1. The van der Waals surface area contributed by atoms with Crippen molar-refractivity contribution in [3.05, 3.63) is 12.2 Å². The van der Waals surface area contributed by atoms with E-state index in [0.29, 0.717) is 30.3 Å². The van der Waals surface area contributed by atoms with Gasteiger partial charge in [-0.2, -0.15) is 0 Å². The van der Waals surface area contributed by atoms with Gasteiger partial charge in [-0.3, -0.25) is 18.6 Å². The topological polar surface area (TPSA) is 149 Å². The number of ether oxygens (including phenoxy) is 2. The average molecular weight is 597 g/mol. The predicted molar refractivity (Wildman–Crippen MR) is 153 cm³/mol. The van der Waals surface area contributed by atoms with Crippen molar-refractivity contribution in [2.45, 2.75) is 109 Å². The SMILES string of the molecule is CCCCC/C=C\C[C@@H](O)[C@H](O)CCCCCCCC(=O)OC[C@H](COP(=O)(O)OCC[N+](C)(C)C)OC(C)=O. The van der Waals surface area contributed by atoms with Crippen LogP contribution >= 0.6 is 7.82 Å². The van der Waals surface area contributed by atoms with Gasteiger partial charge in [0.05, 0.1) is 40.0 Å². The molecule has 0 aromatic carbocycles. The summed E-state index contributed by atoms with van der Waals surface area (Å²) in [6.45, 7) is 3.07. The van der Waals surface area contributed by atoms with Gasteiger partial charge >= 0.3 is 19.8 Å². The molecular weight excluding hydrogens is 541 g/mol. The molecule has 4 atom stereocenters. The van der Waals surface area contributed by atoms with Crippen molar-refractivity contribution >= 4 is 19.8 Å². The van der Waals surface area contributed by atoms with E-state index in [0.717, 1.165) is 38.5 Å². The van der Waals surface area contributed by atoms with Crippen molar-refractivity contribution in [1.82, 2.24) is 0 Å². The summed E-state index contributed by atoms with van der Waals surface area (Å²) in [6.07, 6.45) is 11.2. The Morgan fingerprint density at radius 2 is 1.57 bits per heavy atom. The zero-order valence-electron chi connectivity index (χ0n) is 25.3. The summed E-state index contributed by atoms with van der Waals surface area (Å²) in [7, 11) is 1.38. The lowest BCUT2D eigenvalue weighted by Crippen LogP contribution is -2.37. The van der Waals surface area contributed by atoms with Crippen LogP contribution in [0.1, 0.15) is 90.9 Å². The summed E-state index contributed by atoms with van der Waals surface area (Å²) >= 11 is 0. The smallest absolute Gasteiger partial charge is 0.462 e. The van der Waals surface area contributed by atoms with Gasteiger partial charge in [-0.05, 0) is 32.1 Å². The number of nitrogens with zero attached hydrogens (tertiary/aromatic N) is 1. The molecule has 0 heterocycles. The molecule has 1 unspecified atom stereocenters. The number of carbonyl (C=O) groups is 2. The third kappa shape index (κ3) is 24.5. The summed E-state index contributed by atoms with van der Waals surface area (Å²) in [4.78, 5) is 33.3. The number of esters is 2. The average Bonchev–Trinajstić information content (AvgIpc) is 2.85. The Bertz CT molecular complexity index is 756. The van der Waals surface area contributed by atoms with E-state index in [1.807, 2.05) is 27.2 Å². The van der Waals surface area contributed by atoms with Gasteiger partial charge in [-0.25, -0.2) is 4.57 Å². The Kier molecular flexibility index (Phi) is 21.5. The van der Waals surface area contributed by atoms with Crippen LogP contribution in [0, 0.1) is 0 Å². The second-order valence-electron chi connectivity index (χ2n) is 11.2. The highest BCUT2D eigenvalue weighted by atomic mass is 31.2. The monoisotopic (exact) mass is 596 g/mol. The number of carbonyl (C=O) groups excluding carboxylic acids is 2. The number of rotatable bonds is 25. The van der Waals surface area contributed by atoms with Gasteiger partial charge in [-0.15, -0.1) is 0 Å². The molecule has 11 nitrogen and oxygen atoms in total. The number of hydrogen-bond donors (Lipinski definition) is 3. The van der Waals surface area contributed by atoms with Crippen LogP contribution in [0.5, 0.6) is 0 Å². The van der Waals surface area contributed by atoms with Crippen molar-refractivity contribution in [3.63, 3.8) is 0 Å². The van der Waals surface area contributed by atoms with Crippen molar-refractivity contribution in [1.29, 1.82) is 0 Å². The van der Waals surface area contributed by atoms with Gasteiger partial charge in [0.15, 0.2) is 6.10 Å². The fraction of sp³-hybridized carbons (Fsp3) is 0.857. The lowest BCUT2D eigenvalue weighted by Gasteiger charge is -2.24. The molecular formula is C28H55NO10P+. The van der Waals surface area contributed by atoms with Crippen LogP contribution in [-0.2, 0) is 32.7 Å². The maximum atomic E-state index is 12.1. The van der Waals surface area contributed by atoms with Crippen LogP contribution in [0.25, 0.3) is 0 Å².